The maximum Gasteiger partial charge on any atom is 0.346 e. The number of hydrogen-bond donors (Lipinski definition) is 0. The van der Waals surface area contributed by atoms with Gasteiger partial charge in [-0.25, -0.2) is 22.6 Å². The van der Waals surface area contributed by atoms with E-state index in [9.17, 15) is 22.8 Å². The zero-order chi connectivity index (χ0) is 19.1. The van der Waals surface area contributed by atoms with Gasteiger partial charge in [-0.1, -0.05) is 6.07 Å². The maximum absolute atomic E-state index is 13.4. The average molecular weight is 380 g/mol. The molecule has 2 aliphatic heterocycles. The number of amides is 1. The van der Waals surface area contributed by atoms with Gasteiger partial charge in [-0.2, -0.15) is 5.10 Å². The predicted molar refractivity (Wildman–Crippen MR) is 90.0 cm³/mol. The minimum Gasteiger partial charge on any atom is -0.338 e. The number of hydrogen-bond acceptors (Lipinski definition) is 3. The number of rotatable bonds is 3. The lowest BCUT2D eigenvalue weighted by atomic mass is 10.0. The van der Waals surface area contributed by atoms with E-state index < -0.39 is 29.5 Å². The molecular weight excluding hydrogens is 361 g/mol. The fraction of sp³-hybridized carbons (Fsp3) is 0.500. The van der Waals surface area contributed by atoms with Gasteiger partial charge < -0.3 is 4.90 Å². The van der Waals surface area contributed by atoms with Crippen LogP contribution < -0.4 is 5.69 Å². The van der Waals surface area contributed by atoms with Gasteiger partial charge in [-0.05, 0) is 37.0 Å². The molecule has 0 radical (unpaired) electrons. The third-order valence-electron chi connectivity index (χ3n) is 5.17. The van der Waals surface area contributed by atoms with Crippen LogP contribution in [0, 0.1) is 11.6 Å². The lowest BCUT2D eigenvalue weighted by Gasteiger charge is -2.26. The van der Waals surface area contributed by atoms with Gasteiger partial charge in [0, 0.05) is 13.0 Å². The van der Waals surface area contributed by atoms with Crippen LogP contribution in [0.15, 0.2) is 23.0 Å². The molecule has 27 heavy (non-hydrogen) atoms. The van der Waals surface area contributed by atoms with E-state index in [4.69, 9.17) is 0 Å². The Morgan fingerprint density at radius 1 is 1.22 bits per heavy atom. The van der Waals surface area contributed by atoms with E-state index >= 15 is 0 Å². The molecule has 144 valence electrons. The van der Waals surface area contributed by atoms with E-state index in [-0.39, 0.29) is 19.0 Å². The Morgan fingerprint density at radius 2 is 2.04 bits per heavy atom. The van der Waals surface area contributed by atoms with Crippen LogP contribution >= 0.6 is 0 Å². The molecule has 0 bridgehead atoms. The molecule has 2 atom stereocenters. The molecule has 2 aromatic rings. The van der Waals surface area contributed by atoms with E-state index in [1.54, 1.807) is 0 Å². The highest BCUT2D eigenvalue weighted by atomic mass is 19.2. The van der Waals surface area contributed by atoms with Crippen molar-refractivity contribution < 1.29 is 18.0 Å². The van der Waals surface area contributed by atoms with Gasteiger partial charge in [-0.3, -0.25) is 9.36 Å². The third-order valence-corrected chi connectivity index (χ3v) is 5.17. The molecule has 1 amide bonds. The van der Waals surface area contributed by atoms with Gasteiger partial charge in [0.2, 0.25) is 5.91 Å². The van der Waals surface area contributed by atoms with E-state index in [1.165, 1.54) is 15.5 Å². The Hall–Kier alpha value is -2.58. The Bertz CT molecular complexity index is 939. The SMILES string of the molecule is O=C([C@@H]1CCCc2nn(Cc3ccc(F)c(F)c3)c(=O)n21)N1CC[C@H](F)C1. The highest BCUT2D eigenvalue weighted by Gasteiger charge is 2.36. The van der Waals surface area contributed by atoms with Crippen molar-refractivity contribution in [2.45, 2.75) is 44.4 Å². The number of aryl methyl sites for hydroxylation is 1. The lowest BCUT2D eigenvalue weighted by molar-refractivity contribution is -0.134. The minimum absolute atomic E-state index is 0.0206. The first kappa shape index (κ1) is 17.8. The summed E-state index contributed by atoms with van der Waals surface area (Å²) in [6.07, 6.45) is 1.04. The summed E-state index contributed by atoms with van der Waals surface area (Å²) < 4.78 is 42.5. The molecule has 3 heterocycles. The summed E-state index contributed by atoms with van der Waals surface area (Å²) in [6.45, 7) is 0.388. The van der Waals surface area contributed by atoms with Gasteiger partial charge in [0.15, 0.2) is 11.6 Å². The molecule has 0 N–H and O–H groups in total. The molecule has 6 nitrogen and oxygen atoms in total. The number of benzene rings is 1. The summed E-state index contributed by atoms with van der Waals surface area (Å²) >= 11 is 0. The normalized spacial score (nSPS) is 22.1. The number of aromatic nitrogens is 3. The lowest BCUT2D eigenvalue weighted by Crippen LogP contribution is -2.41. The van der Waals surface area contributed by atoms with Crippen LogP contribution in [0.3, 0.4) is 0 Å². The van der Waals surface area contributed by atoms with Crippen molar-refractivity contribution in [1.82, 2.24) is 19.2 Å². The van der Waals surface area contributed by atoms with Crippen molar-refractivity contribution in [1.29, 1.82) is 0 Å². The standard InChI is InChI=1S/C18H19F3N4O2/c19-12-6-7-23(10-12)17(26)15-2-1-3-16-22-24(18(27)25(15)16)9-11-4-5-13(20)14(21)8-11/h4-5,8,12,15H,1-3,6-7,9-10H2/t12-,15-/m0/s1. The van der Waals surface area contributed by atoms with Crippen LogP contribution in [0.5, 0.6) is 0 Å². The van der Waals surface area contributed by atoms with Crippen molar-refractivity contribution in [3.05, 3.63) is 51.7 Å². The smallest absolute Gasteiger partial charge is 0.338 e. The maximum atomic E-state index is 13.4. The highest BCUT2D eigenvalue weighted by Crippen LogP contribution is 2.26. The van der Waals surface area contributed by atoms with Gasteiger partial charge in [0.25, 0.3) is 0 Å². The Labute approximate surface area is 153 Å². The van der Waals surface area contributed by atoms with E-state index in [2.05, 4.69) is 5.10 Å². The molecule has 2 aliphatic rings. The predicted octanol–water partition coefficient (Wildman–Crippen LogP) is 1.82. The van der Waals surface area contributed by atoms with Crippen LogP contribution in [0.2, 0.25) is 0 Å². The average Bonchev–Trinajstić information content (AvgIpc) is 3.21. The highest BCUT2D eigenvalue weighted by molar-refractivity contribution is 5.81. The quantitative estimate of drug-likeness (QED) is 0.816. The number of fused-ring (bicyclic) bond motifs is 1. The molecular formula is C18H19F3N4O2. The molecule has 1 saturated heterocycles. The zero-order valence-corrected chi connectivity index (χ0v) is 14.6. The molecule has 0 saturated carbocycles. The second-order valence-corrected chi connectivity index (χ2v) is 7.05. The first-order valence-corrected chi connectivity index (χ1v) is 8.99. The number of likely N-dealkylation sites (tertiary alicyclic amines) is 1. The second kappa shape index (κ2) is 6.86. The Morgan fingerprint density at radius 3 is 2.74 bits per heavy atom. The molecule has 4 rings (SSSR count). The topological polar surface area (TPSA) is 60.1 Å². The fourth-order valence-electron chi connectivity index (χ4n) is 3.81. The first-order valence-electron chi connectivity index (χ1n) is 8.99. The van der Waals surface area contributed by atoms with Crippen LogP contribution in [0.4, 0.5) is 13.2 Å². The number of carbonyl (C=O) groups excluding carboxylic acids is 1. The van der Waals surface area contributed by atoms with Crippen molar-refractivity contribution in [3.63, 3.8) is 0 Å². The minimum atomic E-state index is -1.02. The molecule has 0 aliphatic carbocycles. The third kappa shape index (κ3) is 3.26. The van der Waals surface area contributed by atoms with Gasteiger partial charge in [-0.15, -0.1) is 0 Å². The summed E-state index contributed by atoms with van der Waals surface area (Å²) in [6, 6.07) is 2.72. The van der Waals surface area contributed by atoms with Gasteiger partial charge >= 0.3 is 5.69 Å². The van der Waals surface area contributed by atoms with E-state index in [1.807, 2.05) is 0 Å². The largest absolute Gasteiger partial charge is 0.346 e. The molecule has 1 fully saturated rings. The van der Waals surface area contributed by atoms with Crippen molar-refractivity contribution in [2.24, 2.45) is 0 Å². The second-order valence-electron chi connectivity index (χ2n) is 7.05. The number of nitrogens with zero attached hydrogens (tertiary/aromatic N) is 4. The molecule has 9 heteroatoms. The Kier molecular flexibility index (Phi) is 4.53. The number of alkyl halides is 1. The van der Waals surface area contributed by atoms with E-state index in [0.29, 0.717) is 43.6 Å². The summed E-state index contributed by atoms with van der Waals surface area (Å²) in [4.78, 5) is 27.1. The summed E-state index contributed by atoms with van der Waals surface area (Å²) in [5, 5.41) is 4.28. The van der Waals surface area contributed by atoms with Crippen molar-refractivity contribution >= 4 is 5.91 Å². The summed E-state index contributed by atoms with van der Waals surface area (Å²) in [5.41, 5.74) is -0.0714. The summed E-state index contributed by atoms with van der Waals surface area (Å²) in [5.74, 6) is -1.72. The van der Waals surface area contributed by atoms with Crippen molar-refractivity contribution in [3.8, 4) is 0 Å². The number of halogens is 3. The number of carbonyl (C=O) groups is 1. The first-order chi connectivity index (χ1) is 12.9. The molecule has 1 aromatic heterocycles. The zero-order valence-electron chi connectivity index (χ0n) is 14.6. The van der Waals surface area contributed by atoms with E-state index in [0.717, 1.165) is 16.8 Å². The Balaban J connectivity index is 1.62. The van der Waals surface area contributed by atoms with Crippen LogP contribution in [0.1, 0.15) is 36.7 Å². The van der Waals surface area contributed by atoms with Gasteiger partial charge in [0.1, 0.15) is 18.0 Å². The molecule has 0 spiro atoms. The fourth-order valence-corrected chi connectivity index (χ4v) is 3.81. The van der Waals surface area contributed by atoms with Crippen molar-refractivity contribution in [2.75, 3.05) is 13.1 Å². The summed E-state index contributed by atoms with van der Waals surface area (Å²) in [7, 11) is 0. The van der Waals surface area contributed by atoms with Crippen LogP contribution in [-0.2, 0) is 17.8 Å². The van der Waals surface area contributed by atoms with Crippen LogP contribution in [0.25, 0.3) is 0 Å². The monoisotopic (exact) mass is 380 g/mol. The van der Waals surface area contributed by atoms with Gasteiger partial charge in [0.05, 0.1) is 13.1 Å². The molecule has 0 unspecified atom stereocenters. The van der Waals surface area contributed by atoms with Crippen LogP contribution in [-0.4, -0.2) is 44.4 Å². The molecule has 1 aromatic carbocycles.